The van der Waals surface area contributed by atoms with E-state index in [4.69, 9.17) is 4.74 Å². The molecule has 0 spiro atoms. The van der Waals surface area contributed by atoms with E-state index in [0.29, 0.717) is 31.4 Å². The van der Waals surface area contributed by atoms with E-state index in [9.17, 15) is 13.6 Å². The number of rotatable bonds is 4. The smallest absolute Gasteiger partial charge is 0.254 e. The summed E-state index contributed by atoms with van der Waals surface area (Å²) in [6, 6.07) is 3.10. The van der Waals surface area contributed by atoms with Gasteiger partial charge in [-0.05, 0) is 25.0 Å². The van der Waals surface area contributed by atoms with Crippen LogP contribution in [0.3, 0.4) is 0 Å². The van der Waals surface area contributed by atoms with Crippen LogP contribution in [0.1, 0.15) is 41.2 Å². The van der Waals surface area contributed by atoms with E-state index < -0.39 is 11.6 Å². The summed E-state index contributed by atoms with van der Waals surface area (Å²) in [5.74, 6) is -0.728. The summed E-state index contributed by atoms with van der Waals surface area (Å²) in [5.41, 5.74) is 1.08. The Bertz CT molecular complexity index is 899. The molecule has 8 heteroatoms. The number of carbonyl (C=O) groups excluding carboxylic acids is 1. The van der Waals surface area contributed by atoms with Crippen molar-refractivity contribution in [2.45, 2.75) is 37.3 Å². The minimum Gasteiger partial charge on any atom is -0.472 e. The molecule has 1 amide bonds. The van der Waals surface area contributed by atoms with E-state index in [-0.39, 0.29) is 23.6 Å². The van der Waals surface area contributed by atoms with Crippen LogP contribution >= 0.6 is 0 Å². The quantitative estimate of drug-likeness (QED) is 0.790. The Hall–Kier alpha value is -2.61. The molecule has 152 valence electrons. The van der Waals surface area contributed by atoms with Gasteiger partial charge in [-0.15, -0.1) is 0 Å². The number of carbonyl (C=O) groups is 1. The zero-order valence-electron chi connectivity index (χ0n) is 15.9. The van der Waals surface area contributed by atoms with Crippen LogP contribution in [0.15, 0.2) is 30.6 Å². The lowest BCUT2D eigenvalue weighted by Gasteiger charge is -2.37. The number of nitrogens with zero attached hydrogens (tertiary/aromatic N) is 4. The number of ether oxygens (including phenoxy) is 1. The van der Waals surface area contributed by atoms with Crippen molar-refractivity contribution in [3.05, 3.63) is 53.5 Å². The van der Waals surface area contributed by atoms with Crippen LogP contribution in [-0.4, -0.2) is 64.0 Å². The Balaban J connectivity index is 1.20. The summed E-state index contributed by atoms with van der Waals surface area (Å²) in [4.78, 5) is 25.5. The first-order valence-corrected chi connectivity index (χ1v) is 10.0. The predicted molar refractivity (Wildman–Crippen MR) is 101 cm³/mol. The van der Waals surface area contributed by atoms with Crippen molar-refractivity contribution in [3.8, 4) is 5.88 Å². The molecular weight excluding hydrogens is 378 g/mol. The third-order valence-electron chi connectivity index (χ3n) is 5.91. The molecule has 1 aromatic heterocycles. The highest BCUT2D eigenvalue weighted by molar-refractivity contribution is 5.94. The molecule has 3 aliphatic rings. The number of amides is 1. The molecule has 2 atom stereocenters. The third-order valence-corrected chi connectivity index (χ3v) is 5.91. The van der Waals surface area contributed by atoms with E-state index >= 15 is 0 Å². The Morgan fingerprint density at radius 1 is 1.03 bits per heavy atom. The fourth-order valence-electron chi connectivity index (χ4n) is 4.27. The Morgan fingerprint density at radius 2 is 1.83 bits per heavy atom. The van der Waals surface area contributed by atoms with Crippen molar-refractivity contribution in [2.75, 3.05) is 26.2 Å². The molecule has 5 rings (SSSR count). The van der Waals surface area contributed by atoms with Crippen LogP contribution in [0.5, 0.6) is 5.88 Å². The number of aromatic nitrogens is 2. The van der Waals surface area contributed by atoms with Crippen molar-refractivity contribution >= 4 is 5.91 Å². The molecular formula is C21H22F2N4O2. The topological polar surface area (TPSA) is 58.6 Å². The summed E-state index contributed by atoms with van der Waals surface area (Å²) in [7, 11) is 0. The lowest BCUT2D eigenvalue weighted by molar-refractivity contribution is 0.0569. The first-order chi connectivity index (χ1) is 14.0. The van der Waals surface area contributed by atoms with Crippen LogP contribution in [0.4, 0.5) is 8.78 Å². The molecule has 3 heterocycles. The minimum atomic E-state index is -0.741. The van der Waals surface area contributed by atoms with Crippen LogP contribution in [-0.2, 0) is 0 Å². The van der Waals surface area contributed by atoms with Gasteiger partial charge >= 0.3 is 0 Å². The normalized spacial score (nSPS) is 24.4. The highest BCUT2D eigenvalue weighted by Crippen LogP contribution is 2.38. The molecule has 0 bridgehead atoms. The number of hydrogen-bond acceptors (Lipinski definition) is 5. The molecule has 0 radical (unpaired) electrons. The number of halogens is 2. The van der Waals surface area contributed by atoms with Crippen LogP contribution in [0.25, 0.3) is 0 Å². The zero-order valence-corrected chi connectivity index (χ0v) is 15.9. The minimum absolute atomic E-state index is 0.0114. The van der Waals surface area contributed by atoms with Crippen LogP contribution in [0.2, 0.25) is 0 Å². The largest absolute Gasteiger partial charge is 0.472 e. The number of piperazine rings is 1. The van der Waals surface area contributed by atoms with Crippen molar-refractivity contribution < 1.29 is 18.3 Å². The standard InChI is InChI=1S/C21H22F2N4O2/c22-15-5-14(6-16(23)7-15)21(28)27-4-3-26-12-18(8-17(26)11-27)29-20-10-24-19(9-25-20)13-1-2-13/h5-7,9-10,13,17-18H,1-4,8,11-12H2/t17-,18+/m0/s1. The molecule has 2 aliphatic heterocycles. The summed E-state index contributed by atoms with van der Waals surface area (Å²) >= 11 is 0. The van der Waals surface area contributed by atoms with E-state index in [1.165, 1.54) is 12.8 Å². The SMILES string of the molecule is O=C(c1cc(F)cc(F)c1)N1CCN2C[C@H](Oc3cnc(C4CC4)cn3)C[C@H]2C1. The Morgan fingerprint density at radius 3 is 2.52 bits per heavy atom. The monoisotopic (exact) mass is 400 g/mol. The van der Waals surface area contributed by atoms with Gasteiger partial charge in [-0.25, -0.2) is 13.8 Å². The maximum Gasteiger partial charge on any atom is 0.254 e. The van der Waals surface area contributed by atoms with Gasteiger partial charge in [0.15, 0.2) is 0 Å². The second-order valence-electron chi connectivity index (χ2n) is 8.09. The summed E-state index contributed by atoms with van der Waals surface area (Å²) in [6.45, 7) is 2.52. The summed E-state index contributed by atoms with van der Waals surface area (Å²) in [6.07, 6.45) is 6.63. The average molecular weight is 400 g/mol. The van der Waals surface area contributed by atoms with E-state index in [0.717, 1.165) is 36.9 Å². The van der Waals surface area contributed by atoms with Gasteiger partial charge in [-0.2, -0.15) is 0 Å². The second kappa shape index (κ2) is 7.33. The van der Waals surface area contributed by atoms with Crippen LogP contribution in [0, 0.1) is 11.6 Å². The zero-order chi connectivity index (χ0) is 20.0. The summed E-state index contributed by atoms with van der Waals surface area (Å²) in [5, 5.41) is 0. The molecule has 1 aromatic carbocycles. The van der Waals surface area contributed by atoms with E-state index in [1.54, 1.807) is 17.3 Å². The van der Waals surface area contributed by atoms with Gasteiger partial charge < -0.3 is 9.64 Å². The predicted octanol–water partition coefficient (Wildman–Crippen LogP) is 2.61. The van der Waals surface area contributed by atoms with Crippen molar-refractivity contribution in [1.82, 2.24) is 19.8 Å². The van der Waals surface area contributed by atoms with Crippen molar-refractivity contribution in [3.63, 3.8) is 0 Å². The first-order valence-electron chi connectivity index (χ1n) is 10.0. The highest BCUT2D eigenvalue weighted by atomic mass is 19.1. The molecule has 1 saturated carbocycles. The lowest BCUT2D eigenvalue weighted by Crippen LogP contribution is -2.52. The summed E-state index contributed by atoms with van der Waals surface area (Å²) < 4.78 is 32.9. The van der Waals surface area contributed by atoms with Crippen molar-refractivity contribution in [1.29, 1.82) is 0 Å². The van der Waals surface area contributed by atoms with Gasteiger partial charge in [0.05, 0.1) is 18.1 Å². The molecule has 3 fully saturated rings. The molecule has 0 unspecified atom stereocenters. The fourth-order valence-corrected chi connectivity index (χ4v) is 4.27. The van der Waals surface area contributed by atoms with Gasteiger partial charge in [0.25, 0.3) is 5.91 Å². The van der Waals surface area contributed by atoms with E-state index in [1.807, 2.05) is 0 Å². The molecule has 29 heavy (non-hydrogen) atoms. The Labute approximate surface area is 167 Å². The second-order valence-corrected chi connectivity index (χ2v) is 8.09. The van der Waals surface area contributed by atoms with Gasteiger partial charge in [0.1, 0.15) is 17.7 Å². The number of hydrogen-bond donors (Lipinski definition) is 0. The fraction of sp³-hybridized carbons (Fsp3) is 0.476. The third kappa shape index (κ3) is 3.94. The first kappa shape index (κ1) is 18.4. The molecule has 0 N–H and O–H groups in total. The highest BCUT2D eigenvalue weighted by Gasteiger charge is 2.39. The van der Waals surface area contributed by atoms with E-state index in [2.05, 4.69) is 14.9 Å². The molecule has 6 nitrogen and oxygen atoms in total. The number of fused-ring (bicyclic) bond motifs is 1. The maximum absolute atomic E-state index is 13.5. The lowest BCUT2D eigenvalue weighted by atomic mass is 10.1. The molecule has 1 aliphatic carbocycles. The molecule has 2 saturated heterocycles. The van der Waals surface area contributed by atoms with Gasteiger partial charge in [-0.1, -0.05) is 0 Å². The van der Waals surface area contributed by atoms with Crippen molar-refractivity contribution in [2.24, 2.45) is 0 Å². The van der Waals surface area contributed by atoms with Gasteiger partial charge in [0, 0.05) is 56.2 Å². The maximum atomic E-state index is 13.5. The number of benzene rings is 1. The van der Waals surface area contributed by atoms with Gasteiger partial charge in [0.2, 0.25) is 5.88 Å². The molecule has 2 aromatic rings. The Kier molecular flexibility index (Phi) is 4.66. The van der Waals surface area contributed by atoms with Gasteiger partial charge in [-0.3, -0.25) is 14.7 Å². The average Bonchev–Trinajstić information content (AvgIpc) is 3.47. The van der Waals surface area contributed by atoms with Crippen LogP contribution < -0.4 is 4.74 Å².